The summed E-state index contributed by atoms with van der Waals surface area (Å²) in [6.07, 6.45) is 1.59. The van der Waals surface area contributed by atoms with Gasteiger partial charge in [0.2, 0.25) is 0 Å². The average Bonchev–Trinajstić information content (AvgIpc) is 3.45. The molecule has 0 spiro atoms. The summed E-state index contributed by atoms with van der Waals surface area (Å²) in [6, 6.07) is 27.3. The van der Waals surface area contributed by atoms with Crippen LogP contribution in [0.25, 0.3) is 9.81 Å². The molecule has 14 heteroatoms. The SMILES string of the molecule is CC(C)(C)N1C(=O)C(NC2CCN(Cc3ccc(C#N)cc3)CC2)=C(c2ccccc2)S1(=O)=O.CC(C)NC1=C(c2ccccc2)S(=O)(=O)N(C(C)(C)C)C1=O. The van der Waals surface area contributed by atoms with Gasteiger partial charge in [-0.1, -0.05) is 72.8 Å². The predicted octanol–water partition coefficient (Wildman–Crippen LogP) is 5.78. The van der Waals surface area contributed by atoms with Crippen LogP contribution in [0.4, 0.5) is 0 Å². The highest BCUT2D eigenvalue weighted by molar-refractivity contribution is 8.00. The van der Waals surface area contributed by atoms with Gasteiger partial charge in [0.1, 0.15) is 21.2 Å². The Morgan fingerprint density at radius 1 is 0.696 bits per heavy atom. The number of sulfonamides is 2. The number of hydrogen-bond acceptors (Lipinski definition) is 10. The smallest absolute Gasteiger partial charge is 0.285 e. The van der Waals surface area contributed by atoms with Gasteiger partial charge in [-0.15, -0.1) is 0 Å². The molecular weight excluding hydrogens is 749 g/mol. The second-order valence-corrected chi connectivity index (χ2v) is 19.9. The molecule has 3 aliphatic heterocycles. The maximum atomic E-state index is 13.5. The van der Waals surface area contributed by atoms with E-state index in [0.29, 0.717) is 16.7 Å². The molecule has 2 N–H and O–H groups in total. The zero-order valence-corrected chi connectivity index (χ0v) is 35.0. The number of nitriles is 1. The molecule has 0 aromatic heterocycles. The summed E-state index contributed by atoms with van der Waals surface area (Å²) in [7, 11) is -7.86. The molecule has 1 saturated heterocycles. The number of likely N-dealkylation sites (tertiary alicyclic amines) is 1. The van der Waals surface area contributed by atoms with E-state index in [0.717, 1.165) is 46.6 Å². The van der Waals surface area contributed by atoms with Gasteiger partial charge >= 0.3 is 0 Å². The van der Waals surface area contributed by atoms with Crippen LogP contribution in [0.1, 0.15) is 90.5 Å². The molecule has 0 unspecified atom stereocenters. The fourth-order valence-corrected chi connectivity index (χ4v) is 11.2. The molecule has 3 aliphatic rings. The third-order valence-electron chi connectivity index (χ3n) is 9.40. The molecule has 12 nitrogen and oxygen atoms in total. The van der Waals surface area contributed by atoms with Crippen LogP contribution in [-0.2, 0) is 36.2 Å². The van der Waals surface area contributed by atoms with Crippen LogP contribution in [0.15, 0.2) is 96.3 Å². The van der Waals surface area contributed by atoms with Gasteiger partial charge in [-0.25, -0.2) is 25.4 Å². The van der Waals surface area contributed by atoms with Crippen molar-refractivity contribution in [3.8, 4) is 6.07 Å². The topological polar surface area (TPSA) is 160 Å². The lowest BCUT2D eigenvalue weighted by Gasteiger charge is -2.33. The first-order chi connectivity index (χ1) is 26.2. The van der Waals surface area contributed by atoms with Gasteiger partial charge in [0, 0.05) is 31.7 Å². The number of rotatable bonds is 8. The van der Waals surface area contributed by atoms with Gasteiger partial charge in [0.15, 0.2) is 0 Å². The van der Waals surface area contributed by atoms with Crippen LogP contribution < -0.4 is 10.6 Å². The highest BCUT2D eigenvalue weighted by Crippen LogP contribution is 2.40. The molecule has 0 atom stereocenters. The lowest BCUT2D eigenvalue weighted by atomic mass is 10.0. The maximum absolute atomic E-state index is 13.5. The number of carbonyl (C=O) groups excluding carboxylic acids is 2. The van der Waals surface area contributed by atoms with E-state index < -0.39 is 42.9 Å². The van der Waals surface area contributed by atoms with Gasteiger partial charge in [0.25, 0.3) is 31.9 Å². The number of hydrogen-bond donors (Lipinski definition) is 2. The molecule has 0 bridgehead atoms. The number of nitrogens with one attached hydrogen (secondary N) is 2. The van der Waals surface area contributed by atoms with Crippen molar-refractivity contribution in [2.24, 2.45) is 0 Å². The molecule has 3 aromatic rings. The lowest BCUT2D eigenvalue weighted by molar-refractivity contribution is -0.126. The van der Waals surface area contributed by atoms with E-state index in [4.69, 9.17) is 5.26 Å². The third kappa shape index (κ3) is 8.85. The van der Waals surface area contributed by atoms with Crippen molar-refractivity contribution in [3.63, 3.8) is 0 Å². The average molecular weight is 801 g/mol. The summed E-state index contributed by atoms with van der Waals surface area (Å²) in [6.45, 7) is 16.5. The Bertz CT molecular complexity index is 2260. The van der Waals surface area contributed by atoms with Gasteiger partial charge < -0.3 is 10.6 Å². The molecule has 0 radical (unpaired) electrons. The number of benzene rings is 3. The second kappa shape index (κ2) is 16.3. The van der Waals surface area contributed by atoms with Crippen molar-refractivity contribution in [2.45, 2.75) is 97.9 Å². The monoisotopic (exact) mass is 800 g/mol. The predicted molar refractivity (Wildman–Crippen MR) is 219 cm³/mol. The number of piperidine rings is 1. The van der Waals surface area contributed by atoms with Gasteiger partial charge in [-0.3, -0.25) is 14.5 Å². The van der Waals surface area contributed by atoms with Crippen molar-refractivity contribution >= 4 is 41.7 Å². The summed E-state index contributed by atoms with van der Waals surface area (Å²) < 4.78 is 54.8. The Morgan fingerprint density at radius 3 is 1.54 bits per heavy atom. The van der Waals surface area contributed by atoms with Gasteiger partial charge in [0.05, 0.1) is 22.7 Å². The second-order valence-electron chi connectivity index (χ2n) is 16.4. The normalized spacial score (nSPS) is 18.9. The fourth-order valence-electron chi connectivity index (χ4n) is 7.08. The Kier molecular flexibility index (Phi) is 12.2. The van der Waals surface area contributed by atoms with E-state index in [1.54, 1.807) is 90.1 Å². The summed E-state index contributed by atoms with van der Waals surface area (Å²) >= 11 is 0. The first-order valence-electron chi connectivity index (χ1n) is 18.7. The van der Waals surface area contributed by atoms with Gasteiger partial charge in [-0.05, 0) is 97.1 Å². The van der Waals surface area contributed by atoms with E-state index >= 15 is 0 Å². The minimum atomic E-state index is -3.98. The zero-order valence-electron chi connectivity index (χ0n) is 33.3. The molecule has 1 fully saturated rings. The van der Waals surface area contributed by atoms with Crippen LogP contribution >= 0.6 is 0 Å². The Balaban J connectivity index is 0.000000236. The first-order valence-corrected chi connectivity index (χ1v) is 21.6. The van der Waals surface area contributed by atoms with Crippen LogP contribution in [0.2, 0.25) is 0 Å². The summed E-state index contributed by atoms with van der Waals surface area (Å²) in [5.41, 5.74) is 1.46. The fraction of sp³-hybridized carbons (Fsp3) is 0.405. The highest BCUT2D eigenvalue weighted by atomic mass is 32.2. The van der Waals surface area contributed by atoms with Gasteiger partial charge in [-0.2, -0.15) is 5.26 Å². The van der Waals surface area contributed by atoms with Crippen LogP contribution in [0.3, 0.4) is 0 Å². The molecule has 3 aromatic carbocycles. The molecular formula is C42H52N6O6S2. The third-order valence-corrected chi connectivity index (χ3v) is 13.7. The maximum Gasteiger partial charge on any atom is 0.285 e. The van der Waals surface area contributed by atoms with Crippen molar-refractivity contribution in [2.75, 3.05) is 13.1 Å². The molecule has 6 rings (SSSR count). The molecule has 3 heterocycles. The van der Waals surface area contributed by atoms with E-state index in [9.17, 15) is 26.4 Å². The summed E-state index contributed by atoms with van der Waals surface area (Å²) in [5, 5.41) is 15.3. The van der Waals surface area contributed by atoms with Crippen LogP contribution in [-0.4, -0.2) is 78.4 Å². The standard InChI is InChI=1S/C26H30N4O3S.C16H22N2O3S/c1-26(2,3)30-25(31)23(24(34(30,32)33)21-7-5-4-6-8-21)28-22-13-15-29(16-14-22)18-20-11-9-19(17-27)10-12-20;1-11(2)17-13-14(12-9-7-6-8-10-12)22(20,21)18(15(13)19)16(3,4)5/h4-12,22,28H,13-16,18H2,1-3H3;6-11,17H,1-5H3. The minimum absolute atomic E-state index is 0.00463. The van der Waals surface area contributed by atoms with E-state index in [-0.39, 0.29) is 33.3 Å². The van der Waals surface area contributed by atoms with Crippen molar-refractivity contribution in [1.29, 1.82) is 5.26 Å². The number of nitrogens with zero attached hydrogens (tertiary/aromatic N) is 4. The Hall–Kier alpha value is -4.97. The molecule has 0 saturated carbocycles. The Labute approximate surface area is 332 Å². The largest absolute Gasteiger partial charge is 0.377 e. The molecule has 298 valence electrons. The van der Waals surface area contributed by atoms with E-state index in [1.165, 1.54) is 0 Å². The van der Waals surface area contributed by atoms with E-state index in [1.807, 2.05) is 50.2 Å². The number of amides is 2. The van der Waals surface area contributed by atoms with Crippen molar-refractivity contribution in [3.05, 3.63) is 119 Å². The summed E-state index contributed by atoms with van der Waals surface area (Å²) in [4.78, 5) is 28.5. The van der Waals surface area contributed by atoms with E-state index in [2.05, 4.69) is 21.6 Å². The quantitative estimate of drug-likeness (QED) is 0.286. The van der Waals surface area contributed by atoms with Crippen molar-refractivity contribution in [1.82, 2.24) is 24.1 Å². The highest BCUT2D eigenvalue weighted by Gasteiger charge is 2.51. The molecule has 56 heavy (non-hydrogen) atoms. The van der Waals surface area contributed by atoms with Crippen LogP contribution in [0, 0.1) is 11.3 Å². The minimum Gasteiger partial charge on any atom is -0.377 e. The first kappa shape index (κ1) is 42.2. The molecule has 2 amide bonds. The van der Waals surface area contributed by atoms with Crippen LogP contribution in [0.5, 0.6) is 0 Å². The number of carbonyl (C=O) groups is 2. The summed E-state index contributed by atoms with van der Waals surface area (Å²) in [5.74, 6) is -0.994. The molecule has 0 aliphatic carbocycles. The lowest BCUT2D eigenvalue weighted by Crippen LogP contribution is -2.48. The zero-order chi connectivity index (χ0) is 41.2. The van der Waals surface area contributed by atoms with Crippen molar-refractivity contribution < 1.29 is 26.4 Å². The Morgan fingerprint density at radius 2 is 1.12 bits per heavy atom.